The second-order valence-corrected chi connectivity index (χ2v) is 6.36. The average Bonchev–Trinajstić information content (AvgIpc) is 2.60. The molecule has 6 heteroatoms. The molecular formula is C19H22N2O4. The van der Waals surface area contributed by atoms with Gasteiger partial charge in [-0.05, 0) is 23.9 Å². The minimum atomic E-state index is -0.873. The number of nitrogens with zero attached hydrogens (tertiary/aromatic N) is 2. The van der Waals surface area contributed by atoms with Crippen molar-refractivity contribution >= 4 is 22.6 Å². The van der Waals surface area contributed by atoms with Crippen LogP contribution in [0.5, 0.6) is 0 Å². The maximum absolute atomic E-state index is 13.0. The van der Waals surface area contributed by atoms with E-state index in [-0.39, 0.29) is 18.6 Å². The van der Waals surface area contributed by atoms with Crippen molar-refractivity contribution in [1.82, 2.24) is 9.80 Å². The molecule has 6 nitrogen and oxygen atoms in total. The van der Waals surface area contributed by atoms with Crippen LogP contribution in [0.4, 0.5) is 0 Å². The first kappa shape index (κ1) is 17.4. The van der Waals surface area contributed by atoms with Crippen molar-refractivity contribution in [3.63, 3.8) is 0 Å². The molecule has 0 spiro atoms. The highest BCUT2D eigenvalue weighted by Gasteiger charge is 2.27. The van der Waals surface area contributed by atoms with Crippen LogP contribution in [-0.2, 0) is 9.53 Å². The quantitative estimate of drug-likeness (QED) is 0.896. The van der Waals surface area contributed by atoms with Gasteiger partial charge in [-0.25, -0.2) is 0 Å². The Morgan fingerprint density at radius 1 is 1.24 bits per heavy atom. The lowest BCUT2D eigenvalue weighted by Gasteiger charge is -2.34. The van der Waals surface area contributed by atoms with Crippen molar-refractivity contribution in [2.75, 3.05) is 39.8 Å². The number of carboxylic acid groups (broad SMARTS) is 1. The Balaban J connectivity index is 1.72. The molecule has 0 radical (unpaired) electrons. The van der Waals surface area contributed by atoms with Gasteiger partial charge in [0.2, 0.25) is 0 Å². The van der Waals surface area contributed by atoms with Gasteiger partial charge in [0, 0.05) is 25.2 Å². The van der Waals surface area contributed by atoms with E-state index in [4.69, 9.17) is 9.84 Å². The van der Waals surface area contributed by atoms with Crippen LogP contribution < -0.4 is 0 Å². The van der Waals surface area contributed by atoms with Crippen molar-refractivity contribution in [2.24, 2.45) is 0 Å². The van der Waals surface area contributed by atoms with Crippen LogP contribution in [0.15, 0.2) is 42.5 Å². The minimum absolute atomic E-state index is 0.00834. The van der Waals surface area contributed by atoms with Gasteiger partial charge in [0.25, 0.3) is 5.91 Å². The molecular weight excluding hydrogens is 320 g/mol. The highest BCUT2D eigenvalue weighted by molar-refractivity contribution is 6.07. The maximum atomic E-state index is 13.0. The summed E-state index contributed by atoms with van der Waals surface area (Å²) in [7, 11) is 1.74. The van der Waals surface area contributed by atoms with Crippen LogP contribution in [0.2, 0.25) is 0 Å². The molecule has 1 aliphatic heterocycles. The van der Waals surface area contributed by atoms with Gasteiger partial charge in [-0.2, -0.15) is 0 Å². The Hall–Kier alpha value is -2.44. The number of likely N-dealkylation sites (N-methyl/N-ethyl adjacent to an activating group) is 1. The minimum Gasteiger partial charge on any atom is -0.480 e. The summed E-state index contributed by atoms with van der Waals surface area (Å²) in [5.74, 6) is -0.881. The zero-order chi connectivity index (χ0) is 17.8. The van der Waals surface area contributed by atoms with E-state index in [0.29, 0.717) is 31.8 Å². The zero-order valence-corrected chi connectivity index (χ0v) is 14.2. The number of aliphatic carboxylic acids is 1. The molecule has 0 bridgehead atoms. The number of rotatable bonds is 5. The first-order valence-corrected chi connectivity index (χ1v) is 8.33. The fourth-order valence-electron chi connectivity index (χ4n) is 3.24. The summed E-state index contributed by atoms with van der Waals surface area (Å²) in [6, 6.07) is 13.6. The van der Waals surface area contributed by atoms with Gasteiger partial charge < -0.3 is 14.7 Å². The lowest BCUT2D eigenvalue weighted by molar-refractivity contribution is -0.138. The topological polar surface area (TPSA) is 70.1 Å². The van der Waals surface area contributed by atoms with Crippen molar-refractivity contribution in [3.05, 3.63) is 48.0 Å². The molecule has 1 aliphatic rings. The lowest BCUT2D eigenvalue weighted by atomic mass is 10.0. The number of carboxylic acids is 1. The smallest absolute Gasteiger partial charge is 0.317 e. The Morgan fingerprint density at radius 3 is 2.80 bits per heavy atom. The van der Waals surface area contributed by atoms with E-state index in [0.717, 1.165) is 10.8 Å². The predicted octanol–water partition coefficient (Wildman–Crippen LogP) is 1.70. The van der Waals surface area contributed by atoms with Crippen LogP contribution in [0.3, 0.4) is 0 Å². The molecule has 1 saturated heterocycles. The third kappa shape index (κ3) is 4.15. The number of morpholine rings is 1. The van der Waals surface area contributed by atoms with Crippen molar-refractivity contribution in [3.8, 4) is 0 Å². The number of fused-ring (bicyclic) bond motifs is 1. The fraction of sp³-hybridized carbons (Fsp3) is 0.368. The predicted molar refractivity (Wildman–Crippen MR) is 94.7 cm³/mol. The summed E-state index contributed by atoms with van der Waals surface area (Å²) < 4.78 is 5.71. The lowest BCUT2D eigenvalue weighted by Crippen LogP contribution is -2.49. The second kappa shape index (κ2) is 7.63. The monoisotopic (exact) mass is 342 g/mol. The zero-order valence-electron chi connectivity index (χ0n) is 14.2. The van der Waals surface area contributed by atoms with E-state index < -0.39 is 5.97 Å². The van der Waals surface area contributed by atoms with Gasteiger partial charge in [0.05, 0.1) is 19.3 Å². The van der Waals surface area contributed by atoms with E-state index in [9.17, 15) is 9.59 Å². The van der Waals surface area contributed by atoms with Gasteiger partial charge in [-0.15, -0.1) is 0 Å². The molecule has 1 unspecified atom stereocenters. The standard InChI is InChI=1S/C19H22N2O4/c1-20(13-18(22)23)11-15-12-21(9-10-25-15)19(24)17-8-4-6-14-5-2-3-7-16(14)17/h2-8,15H,9-13H2,1H3,(H,22,23). The van der Waals surface area contributed by atoms with Gasteiger partial charge >= 0.3 is 5.97 Å². The normalized spacial score (nSPS) is 17.8. The molecule has 1 N–H and O–H groups in total. The molecule has 25 heavy (non-hydrogen) atoms. The van der Waals surface area contributed by atoms with Gasteiger partial charge in [0.15, 0.2) is 0 Å². The van der Waals surface area contributed by atoms with E-state index in [1.807, 2.05) is 42.5 Å². The number of carbonyl (C=O) groups is 2. The summed E-state index contributed by atoms with van der Waals surface area (Å²) in [6.07, 6.45) is -0.183. The number of benzene rings is 2. The van der Waals surface area contributed by atoms with Crippen LogP contribution in [-0.4, -0.2) is 72.7 Å². The van der Waals surface area contributed by atoms with Gasteiger partial charge in [-0.3, -0.25) is 14.5 Å². The second-order valence-electron chi connectivity index (χ2n) is 6.36. The Bertz CT molecular complexity index is 772. The number of ether oxygens (including phenoxy) is 1. The summed E-state index contributed by atoms with van der Waals surface area (Å²) in [4.78, 5) is 27.3. The van der Waals surface area contributed by atoms with Gasteiger partial charge in [-0.1, -0.05) is 36.4 Å². The molecule has 132 valence electrons. The molecule has 2 aromatic carbocycles. The number of carbonyl (C=O) groups excluding carboxylic acids is 1. The SMILES string of the molecule is CN(CC(=O)O)CC1CN(C(=O)c2cccc3ccccc23)CCO1. The number of amides is 1. The third-order valence-electron chi connectivity index (χ3n) is 4.37. The largest absolute Gasteiger partial charge is 0.480 e. The van der Waals surface area contributed by atoms with Crippen molar-refractivity contribution in [2.45, 2.75) is 6.10 Å². The molecule has 1 amide bonds. The van der Waals surface area contributed by atoms with E-state index in [2.05, 4.69) is 0 Å². The highest BCUT2D eigenvalue weighted by atomic mass is 16.5. The van der Waals surface area contributed by atoms with Crippen LogP contribution in [0.1, 0.15) is 10.4 Å². The molecule has 0 aliphatic carbocycles. The first-order valence-electron chi connectivity index (χ1n) is 8.33. The summed E-state index contributed by atoms with van der Waals surface area (Å²) in [5.41, 5.74) is 0.692. The summed E-state index contributed by atoms with van der Waals surface area (Å²) >= 11 is 0. The van der Waals surface area contributed by atoms with E-state index in [1.54, 1.807) is 16.8 Å². The highest BCUT2D eigenvalue weighted by Crippen LogP contribution is 2.21. The molecule has 0 saturated carbocycles. The Kier molecular flexibility index (Phi) is 5.31. The number of hydrogen-bond donors (Lipinski definition) is 1. The molecule has 0 aromatic heterocycles. The van der Waals surface area contributed by atoms with Crippen LogP contribution >= 0.6 is 0 Å². The van der Waals surface area contributed by atoms with Crippen LogP contribution in [0, 0.1) is 0 Å². The molecule has 2 aromatic rings. The van der Waals surface area contributed by atoms with E-state index in [1.165, 1.54) is 0 Å². The summed E-state index contributed by atoms with van der Waals surface area (Å²) in [5, 5.41) is 10.8. The van der Waals surface area contributed by atoms with Gasteiger partial charge in [0.1, 0.15) is 0 Å². The fourth-order valence-corrected chi connectivity index (χ4v) is 3.24. The summed E-state index contributed by atoms with van der Waals surface area (Å²) in [6.45, 7) is 1.90. The van der Waals surface area contributed by atoms with Crippen LogP contribution in [0.25, 0.3) is 10.8 Å². The number of hydrogen-bond acceptors (Lipinski definition) is 4. The Morgan fingerprint density at radius 2 is 2.00 bits per heavy atom. The average molecular weight is 342 g/mol. The van der Waals surface area contributed by atoms with E-state index >= 15 is 0 Å². The molecule has 1 atom stereocenters. The first-order chi connectivity index (χ1) is 12.0. The van der Waals surface area contributed by atoms with Crippen molar-refractivity contribution in [1.29, 1.82) is 0 Å². The molecule has 1 heterocycles. The third-order valence-corrected chi connectivity index (χ3v) is 4.37. The molecule has 3 rings (SSSR count). The Labute approximate surface area is 146 Å². The molecule has 1 fully saturated rings. The van der Waals surface area contributed by atoms with Crippen molar-refractivity contribution < 1.29 is 19.4 Å². The maximum Gasteiger partial charge on any atom is 0.317 e.